The summed E-state index contributed by atoms with van der Waals surface area (Å²) in [6.07, 6.45) is 2.35. The topological polar surface area (TPSA) is 34.5 Å². The second kappa shape index (κ2) is 9.65. The normalized spacial score (nSPS) is 16.6. The van der Waals surface area contributed by atoms with Gasteiger partial charge >= 0.3 is 6.85 Å². The fourth-order valence-electron chi connectivity index (χ4n) is 10.5. The standard InChI is InChI=1S/C48H39BN2O2/c1-26-22-33-29-14-11-15-32-41-31-13-8-10-17-40(31)53-46(41)51(43(29)32)49-36-19-18-30-28-12-7-9-16-39(28)52-45(30)44(36)50(38(23-26)42(33)49)37-25-35-34(24-27(37)2)47(3,4)20-21-48(35,5)6/h7-19,22-25H,20-21H2,1-6H3. The van der Waals surface area contributed by atoms with E-state index in [1.54, 1.807) is 0 Å². The Kier molecular flexibility index (Phi) is 5.43. The Morgan fingerprint density at radius 2 is 1.32 bits per heavy atom. The summed E-state index contributed by atoms with van der Waals surface area (Å²) in [4.78, 5) is 2.57. The summed E-state index contributed by atoms with van der Waals surface area (Å²) in [5.41, 5.74) is 19.2. The molecule has 0 radical (unpaired) electrons. The summed E-state index contributed by atoms with van der Waals surface area (Å²) in [5, 5.41) is 5.86. The molecule has 0 atom stereocenters. The van der Waals surface area contributed by atoms with Crippen LogP contribution in [0.2, 0.25) is 0 Å². The molecule has 2 aliphatic heterocycles. The van der Waals surface area contributed by atoms with Gasteiger partial charge in [0.15, 0.2) is 11.3 Å². The minimum atomic E-state index is -0.117. The van der Waals surface area contributed by atoms with Crippen molar-refractivity contribution >= 4 is 89.7 Å². The largest absolute Gasteiger partial charge is 0.454 e. The number of furan rings is 2. The van der Waals surface area contributed by atoms with Gasteiger partial charge in [0.1, 0.15) is 11.2 Å². The Bertz CT molecular complexity index is 3120. The lowest BCUT2D eigenvalue weighted by molar-refractivity contribution is 0.332. The Hall–Kier alpha value is -5.68. The second-order valence-corrected chi connectivity index (χ2v) is 17.3. The molecule has 12 rings (SSSR count). The van der Waals surface area contributed by atoms with E-state index in [-0.39, 0.29) is 17.7 Å². The third-order valence-electron chi connectivity index (χ3n) is 13.2. The summed E-state index contributed by atoms with van der Waals surface area (Å²) in [6.45, 7) is 14.1. The predicted octanol–water partition coefficient (Wildman–Crippen LogP) is 11.8. The smallest absolute Gasteiger partial charge is 0.336 e. The van der Waals surface area contributed by atoms with Gasteiger partial charge in [0.05, 0.1) is 11.1 Å². The van der Waals surface area contributed by atoms with Crippen LogP contribution in [-0.2, 0) is 10.8 Å². The Balaban J connectivity index is 1.27. The number of aromatic nitrogens is 1. The average Bonchev–Trinajstić information content (AvgIpc) is 3.82. The lowest BCUT2D eigenvalue weighted by Gasteiger charge is -2.44. The zero-order valence-corrected chi connectivity index (χ0v) is 31.0. The van der Waals surface area contributed by atoms with Crippen LogP contribution in [0.25, 0.3) is 66.0 Å². The first kappa shape index (κ1) is 29.9. The zero-order chi connectivity index (χ0) is 35.7. The van der Waals surface area contributed by atoms with E-state index >= 15 is 0 Å². The first-order valence-corrected chi connectivity index (χ1v) is 19.1. The molecule has 256 valence electrons. The Labute approximate surface area is 308 Å². The van der Waals surface area contributed by atoms with E-state index in [4.69, 9.17) is 8.83 Å². The van der Waals surface area contributed by atoms with Crippen molar-refractivity contribution in [1.82, 2.24) is 4.48 Å². The van der Waals surface area contributed by atoms with Gasteiger partial charge in [-0.05, 0) is 101 Å². The maximum absolute atomic E-state index is 7.00. The zero-order valence-electron chi connectivity index (χ0n) is 31.0. The van der Waals surface area contributed by atoms with Crippen LogP contribution in [0.15, 0.2) is 112 Å². The Morgan fingerprint density at radius 1 is 0.623 bits per heavy atom. The molecular weight excluding hydrogens is 647 g/mol. The quantitative estimate of drug-likeness (QED) is 0.161. The molecule has 4 nitrogen and oxygen atoms in total. The molecule has 9 aromatic rings. The van der Waals surface area contributed by atoms with Gasteiger partial charge in [0.25, 0.3) is 0 Å². The van der Waals surface area contributed by atoms with Gasteiger partial charge in [-0.3, -0.25) is 0 Å². The van der Waals surface area contributed by atoms with Crippen LogP contribution in [0, 0.1) is 13.8 Å². The van der Waals surface area contributed by atoms with Crippen LogP contribution < -0.4 is 15.8 Å². The lowest BCUT2D eigenvalue weighted by atomic mass is 9.45. The van der Waals surface area contributed by atoms with Crippen molar-refractivity contribution in [3.05, 3.63) is 125 Å². The van der Waals surface area contributed by atoms with Gasteiger partial charge in [-0.2, -0.15) is 0 Å². The molecule has 5 heterocycles. The summed E-state index contributed by atoms with van der Waals surface area (Å²) >= 11 is 0. The number of nitrogens with zero attached hydrogens (tertiary/aromatic N) is 2. The monoisotopic (exact) mass is 686 g/mol. The van der Waals surface area contributed by atoms with Crippen molar-refractivity contribution < 1.29 is 8.83 Å². The fourth-order valence-corrected chi connectivity index (χ4v) is 10.5. The molecule has 0 saturated heterocycles. The molecule has 0 fully saturated rings. The minimum Gasteiger partial charge on any atom is -0.454 e. The highest BCUT2D eigenvalue weighted by atomic mass is 16.3. The van der Waals surface area contributed by atoms with Crippen molar-refractivity contribution in [3.8, 4) is 11.1 Å². The van der Waals surface area contributed by atoms with Crippen LogP contribution in [0.1, 0.15) is 62.8 Å². The van der Waals surface area contributed by atoms with E-state index < -0.39 is 0 Å². The number of hydrogen-bond donors (Lipinski definition) is 0. The predicted molar refractivity (Wildman–Crippen MR) is 222 cm³/mol. The first-order chi connectivity index (χ1) is 25.6. The van der Waals surface area contributed by atoms with Gasteiger partial charge in [-0.1, -0.05) is 107 Å². The highest BCUT2D eigenvalue weighted by Gasteiger charge is 2.46. The van der Waals surface area contributed by atoms with Gasteiger partial charge in [0, 0.05) is 44.0 Å². The van der Waals surface area contributed by atoms with Crippen molar-refractivity contribution in [2.45, 2.75) is 65.2 Å². The van der Waals surface area contributed by atoms with E-state index in [1.165, 1.54) is 78.4 Å². The molecule has 3 aromatic heterocycles. The SMILES string of the molecule is Cc1cc2c3c(c1)N(c1cc4c(cc1C)C(C)(C)CCC4(C)C)c1c(ccc4c1oc1ccccc14)B3n1c3oc4ccccc4c3c3cccc-2c31. The molecule has 0 bridgehead atoms. The van der Waals surface area contributed by atoms with Gasteiger partial charge in [-0.15, -0.1) is 0 Å². The van der Waals surface area contributed by atoms with E-state index in [9.17, 15) is 0 Å². The number of para-hydroxylation sites is 3. The molecule has 0 amide bonds. The molecule has 0 unspecified atom stereocenters. The number of benzene rings is 6. The first-order valence-electron chi connectivity index (χ1n) is 19.1. The van der Waals surface area contributed by atoms with E-state index in [0.29, 0.717) is 0 Å². The molecule has 1 aliphatic carbocycles. The third-order valence-corrected chi connectivity index (χ3v) is 13.2. The maximum atomic E-state index is 7.00. The number of fused-ring (bicyclic) bond motifs is 14. The Morgan fingerprint density at radius 3 is 2.11 bits per heavy atom. The van der Waals surface area contributed by atoms with Gasteiger partial charge in [0.2, 0.25) is 0 Å². The minimum absolute atomic E-state index is 0.0639. The van der Waals surface area contributed by atoms with Crippen LogP contribution in [0.5, 0.6) is 0 Å². The lowest BCUT2D eigenvalue weighted by Crippen LogP contribution is -2.56. The fraction of sp³-hybridized carbons (Fsp3) is 0.208. The number of aryl methyl sites for hydroxylation is 2. The highest BCUT2D eigenvalue weighted by molar-refractivity contribution is 6.90. The van der Waals surface area contributed by atoms with E-state index in [2.05, 4.69) is 154 Å². The van der Waals surface area contributed by atoms with Crippen LogP contribution in [0.4, 0.5) is 17.1 Å². The summed E-state index contributed by atoms with van der Waals surface area (Å²) in [7, 11) is 0. The summed E-state index contributed by atoms with van der Waals surface area (Å²) in [6, 6.07) is 38.3. The molecule has 6 aromatic carbocycles. The van der Waals surface area contributed by atoms with Crippen LogP contribution >= 0.6 is 0 Å². The van der Waals surface area contributed by atoms with E-state index in [1.807, 2.05) is 0 Å². The van der Waals surface area contributed by atoms with E-state index in [0.717, 1.165) is 50.7 Å². The van der Waals surface area contributed by atoms with Gasteiger partial charge < -0.3 is 18.2 Å². The summed E-state index contributed by atoms with van der Waals surface area (Å²) in [5.74, 6) is 0. The number of rotatable bonds is 1. The van der Waals surface area contributed by atoms with Crippen molar-refractivity contribution in [1.29, 1.82) is 0 Å². The highest BCUT2D eigenvalue weighted by Crippen LogP contribution is 2.53. The molecule has 0 saturated carbocycles. The average molecular weight is 687 g/mol. The van der Waals surface area contributed by atoms with Gasteiger partial charge in [-0.25, -0.2) is 0 Å². The van der Waals surface area contributed by atoms with Crippen LogP contribution in [-0.4, -0.2) is 11.3 Å². The third kappa shape index (κ3) is 3.63. The molecule has 0 N–H and O–H groups in total. The summed E-state index contributed by atoms with van der Waals surface area (Å²) < 4.78 is 16.4. The molecular formula is C48H39BN2O2. The van der Waals surface area contributed by atoms with Crippen LogP contribution in [0.3, 0.4) is 0 Å². The molecule has 0 spiro atoms. The van der Waals surface area contributed by atoms with Crippen molar-refractivity contribution in [3.63, 3.8) is 0 Å². The van der Waals surface area contributed by atoms with Crippen molar-refractivity contribution in [2.75, 3.05) is 4.90 Å². The van der Waals surface area contributed by atoms with Crippen molar-refractivity contribution in [2.24, 2.45) is 0 Å². The molecule has 3 aliphatic rings. The second-order valence-electron chi connectivity index (χ2n) is 17.3. The molecule has 53 heavy (non-hydrogen) atoms. The maximum Gasteiger partial charge on any atom is 0.336 e. The number of hydrogen-bond acceptors (Lipinski definition) is 3. The number of anilines is 3. The molecule has 5 heteroatoms.